The van der Waals surface area contributed by atoms with Gasteiger partial charge in [0, 0.05) is 19.2 Å². The third kappa shape index (κ3) is 2.17. The average Bonchev–Trinajstić information content (AvgIpc) is 2.51. The molecule has 4 heterocycles. The molecule has 1 aromatic rings. The predicted molar refractivity (Wildman–Crippen MR) is 88.2 cm³/mol. The number of rotatable bonds is 0. The van der Waals surface area contributed by atoms with Crippen molar-refractivity contribution in [2.45, 2.75) is 38.5 Å². The molecule has 1 spiro atoms. The van der Waals surface area contributed by atoms with Gasteiger partial charge in [-0.15, -0.1) is 0 Å². The Bertz CT molecular complexity index is 778. The number of morpholine rings is 1. The SMILES string of the molecule is C[C@@H]1CN2c3c(ccnc3Cl)CC3(C(=O)NC(=O)NC3=O)[C@H]2[C@H](C)O1. The van der Waals surface area contributed by atoms with Crippen molar-refractivity contribution in [3.8, 4) is 0 Å². The Morgan fingerprint density at radius 2 is 1.96 bits per heavy atom. The van der Waals surface area contributed by atoms with Crippen molar-refractivity contribution in [3.05, 3.63) is 23.0 Å². The Balaban J connectivity index is 1.94. The molecule has 4 rings (SSSR count). The van der Waals surface area contributed by atoms with E-state index in [1.807, 2.05) is 18.7 Å². The van der Waals surface area contributed by atoms with Gasteiger partial charge in [0.15, 0.2) is 10.6 Å². The second-order valence-corrected chi connectivity index (χ2v) is 7.10. The monoisotopic (exact) mass is 364 g/mol. The maximum atomic E-state index is 12.8. The fraction of sp³-hybridized carbons (Fsp3) is 0.500. The summed E-state index contributed by atoms with van der Waals surface area (Å²) in [6, 6.07) is 0.357. The molecule has 0 aliphatic carbocycles. The zero-order chi connectivity index (χ0) is 17.9. The molecule has 3 atom stereocenters. The lowest BCUT2D eigenvalue weighted by Crippen LogP contribution is -2.75. The van der Waals surface area contributed by atoms with Gasteiger partial charge in [0.05, 0.1) is 23.9 Å². The van der Waals surface area contributed by atoms with Gasteiger partial charge in [0.2, 0.25) is 11.8 Å². The van der Waals surface area contributed by atoms with Crippen LogP contribution < -0.4 is 15.5 Å². The molecular formula is C16H17ClN4O4. The number of carbonyl (C=O) groups is 3. The zero-order valence-electron chi connectivity index (χ0n) is 13.7. The van der Waals surface area contributed by atoms with E-state index >= 15 is 0 Å². The van der Waals surface area contributed by atoms with Gasteiger partial charge in [-0.3, -0.25) is 20.2 Å². The van der Waals surface area contributed by atoms with Crippen LogP contribution in [0.5, 0.6) is 0 Å². The smallest absolute Gasteiger partial charge is 0.328 e. The number of pyridine rings is 1. The number of anilines is 1. The molecule has 0 unspecified atom stereocenters. The lowest BCUT2D eigenvalue weighted by atomic mass is 9.67. The number of hydrogen-bond acceptors (Lipinski definition) is 6. The quantitative estimate of drug-likeness (QED) is 0.517. The standard InChI is InChI=1S/C16H17ClN4O4/c1-7-6-21-10-9(3-4-18-12(10)17)5-16(11(21)8(2)25-7)13(22)19-15(24)20-14(16)23/h3-4,7-8,11H,5-6H2,1-2H3,(H2,19,20,22,23,24)/t7-,8+,11-/m1/s1. The number of nitrogens with zero attached hydrogens (tertiary/aromatic N) is 2. The molecule has 1 aromatic heterocycles. The highest BCUT2D eigenvalue weighted by molar-refractivity contribution is 6.32. The van der Waals surface area contributed by atoms with E-state index in [0.29, 0.717) is 11.7 Å². The molecular weight excluding hydrogens is 348 g/mol. The molecule has 0 saturated carbocycles. The molecule has 0 radical (unpaired) electrons. The molecule has 8 nitrogen and oxygen atoms in total. The first-order valence-corrected chi connectivity index (χ1v) is 8.44. The van der Waals surface area contributed by atoms with Gasteiger partial charge in [0.25, 0.3) is 0 Å². The highest BCUT2D eigenvalue weighted by Gasteiger charge is 2.63. The summed E-state index contributed by atoms with van der Waals surface area (Å²) in [5.41, 5.74) is 0.00186. The van der Waals surface area contributed by atoms with Gasteiger partial charge in [-0.2, -0.15) is 0 Å². The summed E-state index contributed by atoms with van der Waals surface area (Å²) in [7, 11) is 0. The molecule has 2 N–H and O–H groups in total. The molecule has 0 bridgehead atoms. The lowest BCUT2D eigenvalue weighted by molar-refractivity contribution is -0.153. The summed E-state index contributed by atoms with van der Waals surface area (Å²) in [5, 5.41) is 4.80. The summed E-state index contributed by atoms with van der Waals surface area (Å²) in [6.45, 7) is 4.20. The van der Waals surface area contributed by atoms with Gasteiger partial charge in [0.1, 0.15) is 0 Å². The van der Waals surface area contributed by atoms with E-state index in [9.17, 15) is 14.4 Å². The van der Waals surface area contributed by atoms with Crippen LogP contribution in [0.25, 0.3) is 0 Å². The van der Waals surface area contributed by atoms with E-state index in [1.165, 1.54) is 0 Å². The van der Waals surface area contributed by atoms with Crippen molar-refractivity contribution < 1.29 is 19.1 Å². The normalized spacial score (nSPS) is 30.4. The maximum absolute atomic E-state index is 12.8. The molecule has 132 valence electrons. The lowest BCUT2D eigenvalue weighted by Gasteiger charge is -2.55. The van der Waals surface area contributed by atoms with E-state index < -0.39 is 35.4 Å². The number of nitrogens with one attached hydrogen (secondary N) is 2. The van der Waals surface area contributed by atoms with Crippen LogP contribution in [0.1, 0.15) is 19.4 Å². The number of ether oxygens (including phenoxy) is 1. The van der Waals surface area contributed by atoms with Crippen molar-refractivity contribution in [3.63, 3.8) is 0 Å². The first kappa shape index (κ1) is 16.3. The Labute approximate surface area is 148 Å². The number of imide groups is 2. The predicted octanol–water partition coefficient (Wildman–Crippen LogP) is 0.626. The largest absolute Gasteiger partial charge is 0.372 e. The molecule has 3 aliphatic rings. The Morgan fingerprint density at radius 1 is 1.28 bits per heavy atom. The number of urea groups is 1. The van der Waals surface area contributed by atoms with Crippen LogP contribution >= 0.6 is 11.6 Å². The molecule has 3 aliphatic heterocycles. The van der Waals surface area contributed by atoms with Crippen LogP contribution in [0.4, 0.5) is 10.5 Å². The van der Waals surface area contributed by atoms with Gasteiger partial charge >= 0.3 is 6.03 Å². The fourth-order valence-electron chi connectivity index (χ4n) is 4.33. The summed E-state index contributed by atoms with van der Waals surface area (Å²) in [5.74, 6) is -1.22. The van der Waals surface area contributed by atoms with Crippen molar-refractivity contribution in [1.82, 2.24) is 15.6 Å². The summed E-state index contributed by atoms with van der Waals surface area (Å²) in [4.78, 5) is 43.3. The summed E-state index contributed by atoms with van der Waals surface area (Å²) >= 11 is 6.33. The molecule has 2 fully saturated rings. The van der Waals surface area contributed by atoms with Crippen molar-refractivity contribution >= 4 is 35.1 Å². The number of barbiturate groups is 1. The number of amides is 4. The molecule has 9 heteroatoms. The number of halogens is 1. The highest BCUT2D eigenvalue weighted by Crippen LogP contribution is 2.48. The fourth-order valence-corrected chi connectivity index (χ4v) is 4.62. The molecule has 0 aromatic carbocycles. The Kier molecular flexibility index (Phi) is 3.52. The van der Waals surface area contributed by atoms with E-state index in [-0.39, 0.29) is 12.5 Å². The molecule has 4 amide bonds. The highest BCUT2D eigenvalue weighted by atomic mass is 35.5. The van der Waals surface area contributed by atoms with E-state index in [2.05, 4.69) is 15.6 Å². The van der Waals surface area contributed by atoms with Crippen LogP contribution in [0, 0.1) is 5.41 Å². The van der Waals surface area contributed by atoms with E-state index in [1.54, 1.807) is 12.3 Å². The van der Waals surface area contributed by atoms with Gasteiger partial charge < -0.3 is 9.64 Å². The average molecular weight is 365 g/mol. The second-order valence-electron chi connectivity index (χ2n) is 6.74. The minimum Gasteiger partial charge on any atom is -0.372 e. The van der Waals surface area contributed by atoms with Crippen molar-refractivity contribution in [2.24, 2.45) is 5.41 Å². The third-order valence-electron chi connectivity index (χ3n) is 5.17. The first-order chi connectivity index (χ1) is 11.8. The van der Waals surface area contributed by atoms with Gasteiger partial charge in [-0.05, 0) is 25.5 Å². The number of fused-ring (bicyclic) bond motifs is 4. The van der Waals surface area contributed by atoms with Crippen LogP contribution in [0.3, 0.4) is 0 Å². The van der Waals surface area contributed by atoms with Crippen LogP contribution in [0.15, 0.2) is 12.3 Å². The van der Waals surface area contributed by atoms with Crippen LogP contribution in [-0.2, 0) is 20.7 Å². The minimum absolute atomic E-state index is 0.109. The van der Waals surface area contributed by atoms with E-state index in [0.717, 1.165) is 11.3 Å². The Hall–Kier alpha value is -2.19. The number of hydrogen-bond donors (Lipinski definition) is 2. The van der Waals surface area contributed by atoms with Gasteiger partial charge in [-0.25, -0.2) is 9.78 Å². The topological polar surface area (TPSA) is 101 Å². The summed E-state index contributed by atoms with van der Waals surface area (Å²) in [6.07, 6.45) is 1.14. The van der Waals surface area contributed by atoms with Crippen molar-refractivity contribution in [2.75, 3.05) is 11.4 Å². The zero-order valence-corrected chi connectivity index (χ0v) is 14.5. The Morgan fingerprint density at radius 3 is 2.64 bits per heavy atom. The van der Waals surface area contributed by atoms with Crippen LogP contribution in [0.2, 0.25) is 5.15 Å². The minimum atomic E-state index is -1.47. The first-order valence-electron chi connectivity index (χ1n) is 8.07. The van der Waals surface area contributed by atoms with Gasteiger partial charge in [-0.1, -0.05) is 11.6 Å². The second kappa shape index (κ2) is 5.40. The van der Waals surface area contributed by atoms with Crippen LogP contribution in [-0.4, -0.2) is 47.6 Å². The molecule has 25 heavy (non-hydrogen) atoms. The number of carbonyl (C=O) groups excluding carboxylic acids is 3. The third-order valence-corrected chi connectivity index (χ3v) is 5.45. The molecule has 2 saturated heterocycles. The number of aromatic nitrogens is 1. The maximum Gasteiger partial charge on any atom is 0.328 e. The summed E-state index contributed by atoms with van der Waals surface area (Å²) < 4.78 is 5.91. The van der Waals surface area contributed by atoms with Crippen molar-refractivity contribution in [1.29, 1.82) is 0 Å². The van der Waals surface area contributed by atoms with E-state index in [4.69, 9.17) is 16.3 Å².